The molecule has 6 heteroatoms. The summed E-state index contributed by atoms with van der Waals surface area (Å²) in [4.78, 5) is 13.1. The van der Waals surface area contributed by atoms with Gasteiger partial charge in [-0.2, -0.15) is 0 Å². The number of thiophene rings is 1. The molecular formula is C15H12Cl2N2OS. The second-order valence-corrected chi connectivity index (χ2v) is 5.95. The summed E-state index contributed by atoms with van der Waals surface area (Å²) in [6.45, 7) is 0.742. The molecule has 3 N–H and O–H groups in total. The first-order valence-corrected chi connectivity index (χ1v) is 7.73. The number of hydrogen-bond donors (Lipinski definition) is 2. The molecule has 0 saturated heterocycles. The van der Waals surface area contributed by atoms with E-state index in [1.54, 1.807) is 18.2 Å². The van der Waals surface area contributed by atoms with Crippen molar-refractivity contribution in [3.05, 3.63) is 55.7 Å². The van der Waals surface area contributed by atoms with E-state index in [-0.39, 0.29) is 5.91 Å². The van der Waals surface area contributed by atoms with E-state index in [1.165, 1.54) is 11.3 Å². The highest BCUT2D eigenvalue weighted by molar-refractivity contribution is 7.10. The van der Waals surface area contributed by atoms with Crippen LogP contribution < -0.4 is 11.1 Å². The molecule has 0 spiro atoms. The molecule has 1 aromatic heterocycles. The number of amides is 1. The SMILES string of the molecule is NCC#Cc1csc(CNC(=O)c2cc(Cl)ccc2Cl)c1. The second-order valence-electron chi connectivity index (χ2n) is 4.11. The summed E-state index contributed by atoms with van der Waals surface area (Å²) in [6, 6.07) is 6.71. The molecule has 3 nitrogen and oxygen atoms in total. The number of halogens is 2. The first kappa shape index (κ1) is 15.9. The minimum absolute atomic E-state index is 0.259. The highest BCUT2D eigenvalue weighted by Crippen LogP contribution is 2.21. The van der Waals surface area contributed by atoms with Gasteiger partial charge in [-0.25, -0.2) is 0 Å². The summed E-state index contributed by atoms with van der Waals surface area (Å²) in [5, 5.41) is 5.58. The van der Waals surface area contributed by atoms with Gasteiger partial charge >= 0.3 is 0 Å². The lowest BCUT2D eigenvalue weighted by atomic mass is 10.2. The Bertz CT molecular complexity index is 716. The van der Waals surface area contributed by atoms with Crippen LogP contribution in [0.25, 0.3) is 0 Å². The second kappa shape index (κ2) is 7.48. The Morgan fingerprint density at radius 3 is 2.90 bits per heavy atom. The maximum absolute atomic E-state index is 12.1. The van der Waals surface area contributed by atoms with Crippen LogP contribution in [0.2, 0.25) is 10.0 Å². The van der Waals surface area contributed by atoms with Crippen molar-refractivity contribution >= 4 is 40.4 Å². The van der Waals surface area contributed by atoms with E-state index < -0.39 is 0 Å². The van der Waals surface area contributed by atoms with Crippen molar-refractivity contribution in [1.82, 2.24) is 5.32 Å². The highest BCUT2D eigenvalue weighted by Gasteiger charge is 2.11. The van der Waals surface area contributed by atoms with Crippen LogP contribution in [0.1, 0.15) is 20.8 Å². The largest absolute Gasteiger partial charge is 0.347 e. The third-order valence-corrected chi connectivity index (χ3v) is 4.09. The first-order valence-electron chi connectivity index (χ1n) is 6.09. The van der Waals surface area contributed by atoms with Crippen LogP contribution >= 0.6 is 34.5 Å². The van der Waals surface area contributed by atoms with Gasteiger partial charge in [-0.15, -0.1) is 11.3 Å². The molecule has 2 aromatic rings. The van der Waals surface area contributed by atoms with Crippen molar-refractivity contribution in [3.8, 4) is 11.8 Å². The Kier molecular flexibility index (Phi) is 5.66. The van der Waals surface area contributed by atoms with E-state index in [2.05, 4.69) is 17.2 Å². The number of nitrogens with two attached hydrogens (primary N) is 1. The Morgan fingerprint density at radius 1 is 1.33 bits per heavy atom. The van der Waals surface area contributed by atoms with Gasteiger partial charge in [0.25, 0.3) is 5.91 Å². The number of hydrogen-bond acceptors (Lipinski definition) is 3. The van der Waals surface area contributed by atoms with Gasteiger partial charge in [-0.1, -0.05) is 35.0 Å². The molecule has 21 heavy (non-hydrogen) atoms. The predicted molar refractivity (Wildman–Crippen MR) is 87.9 cm³/mol. The van der Waals surface area contributed by atoms with Gasteiger partial charge in [-0.3, -0.25) is 4.79 Å². The van der Waals surface area contributed by atoms with Crippen molar-refractivity contribution in [2.45, 2.75) is 6.54 Å². The van der Waals surface area contributed by atoms with E-state index in [9.17, 15) is 4.79 Å². The summed E-state index contributed by atoms with van der Waals surface area (Å²) >= 11 is 13.4. The molecule has 0 aliphatic rings. The van der Waals surface area contributed by atoms with Crippen LogP contribution in [-0.4, -0.2) is 12.5 Å². The molecule has 0 aliphatic carbocycles. The van der Waals surface area contributed by atoms with Crippen molar-refractivity contribution in [2.75, 3.05) is 6.54 Å². The Hall–Kier alpha value is -1.51. The van der Waals surface area contributed by atoms with Gasteiger partial charge in [0, 0.05) is 20.8 Å². The number of rotatable bonds is 3. The van der Waals surface area contributed by atoms with Gasteiger partial charge in [0.15, 0.2) is 0 Å². The van der Waals surface area contributed by atoms with Crippen LogP contribution in [0.5, 0.6) is 0 Å². The number of carbonyl (C=O) groups is 1. The molecule has 0 unspecified atom stereocenters. The maximum atomic E-state index is 12.1. The smallest absolute Gasteiger partial charge is 0.253 e. The van der Waals surface area contributed by atoms with Crippen molar-refractivity contribution in [1.29, 1.82) is 0 Å². The quantitative estimate of drug-likeness (QED) is 0.843. The molecule has 0 atom stereocenters. The van der Waals surface area contributed by atoms with Crippen LogP contribution in [0.3, 0.4) is 0 Å². The van der Waals surface area contributed by atoms with E-state index in [0.29, 0.717) is 28.7 Å². The summed E-state index contributed by atoms with van der Waals surface area (Å²) in [5.41, 5.74) is 6.59. The molecule has 0 bridgehead atoms. The van der Waals surface area contributed by atoms with Crippen LogP contribution in [0, 0.1) is 11.8 Å². The Labute approximate surface area is 137 Å². The number of benzene rings is 1. The minimum atomic E-state index is -0.259. The Balaban J connectivity index is 2.01. The topological polar surface area (TPSA) is 55.1 Å². The van der Waals surface area contributed by atoms with E-state index in [4.69, 9.17) is 28.9 Å². The summed E-state index contributed by atoms with van der Waals surface area (Å²) in [7, 11) is 0. The molecule has 0 fully saturated rings. The minimum Gasteiger partial charge on any atom is -0.347 e. The first-order chi connectivity index (χ1) is 10.1. The van der Waals surface area contributed by atoms with Crippen molar-refractivity contribution in [2.24, 2.45) is 5.73 Å². The molecule has 1 aromatic carbocycles. The standard InChI is InChI=1S/C15H12Cl2N2OS/c16-11-3-4-14(17)13(7-11)15(20)19-8-12-6-10(9-21-12)2-1-5-18/h3-4,6-7,9H,5,8,18H2,(H,19,20). The third-order valence-electron chi connectivity index (χ3n) is 2.58. The fraction of sp³-hybridized carbons (Fsp3) is 0.133. The van der Waals surface area contributed by atoms with Crippen LogP contribution in [0.4, 0.5) is 0 Å². The summed E-state index contributed by atoms with van der Waals surface area (Å²) in [5.74, 6) is 5.47. The highest BCUT2D eigenvalue weighted by atomic mass is 35.5. The number of nitrogens with one attached hydrogen (secondary N) is 1. The predicted octanol–water partition coefficient (Wildman–Crippen LogP) is 3.30. The lowest BCUT2D eigenvalue weighted by molar-refractivity contribution is 0.0951. The normalized spacial score (nSPS) is 9.86. The zero-order valence-electron chi connectivity index (χ0n) is 11.0. The average Bonchev–Trinajstić information content (AvgIpc) is 2.93. The molecule has 1 heterocycles. The molecule has 108 valence electrons. The maximum Gasteiger partial charge on any atom is 0.253 e. The molecule has 0 radical (unpaired) electrons. The van der Waals surface area contributed by atoms with Gasteiger partial charge in [0.05, 0.1) is 23.7 Å². The molecule has 0 aliphatic heterocycles. The monoisotopic (exact) mass is 338 g/mol. The zero-order chi connectivity index (χ0) is 15.2. The van der Waals surface area contributed by atoms with Crippen molar-refractivity contribution in [3.63, 3.8) is 0 Å². The summed E-state index contributed by atoms with van der Waals surface area (Å²) in [6.07, 6.45) is 0. The molecular weight excluding hydrogens is 327 g/mol. The number of carbonyl (C=O) groups excluding carboxylic acids is 1. The van der Waals surface area contributed by atoms with Gasteiger partial charge in [0.2, 0.25) is 0 Å². The van der Waals surface area contributed by atoms with E-state index in [0.717, 1.165) is 10.4 Å². The van der Waals surface area contributed by atoms with Crippen LogP contribution in [0.15, 0.2) is 29.6 Å². The van der Waals surface area contributed by atoms with Gasteiger partial charge in [0.1, 0.15) is 0 Å². The van der Waals surface area contributed by atoms with Gasteiger partial charge in [-0.05, 0) is 24.3 Å². The molecule has 0 saturated carbocycles. The van der Waals surface area contributed by atoms with Crippen molar-refractivity contribution < 1.29 is 4.79 Å². The third kappa shape index (κ3) is 4.48. The van der Waals surface area contributed by atoms with E-state index >= 15 is 0 Å². The Morgan fingerprint density at radius 2 is 2.14 bits per heavy atom. The van der Waals surface area contributed by atoms with E-state index in [1.807, 2.05) is 11.4 Å². The average molecular weight is 339 g/mol. The zero-order valence-corrected chi connectivity index (χ0v) is 13.3. The fourth-order valence-electron chi connectivity index (χ4n) is 1.63. The molecule has 2 rings (SSSR count). The summed E-state index contributed by atoms with van der Waals surface area (Å²) < 4.78 is 0. The van der Waals surface area contributed by atoms with Crippen LogP contribution in [-0.2, 0) is 6.54 Å². The lowest BCUT2D eigenvalue weighted by Crippen LogP contribution is -2.22. The van der Waals surface area contributed by atoms with Gasteiger partial charge < -0.3 is 11.1 Å². The lowest BCUT2D eigenvalue weighted by Gasteiger charge is -2.06. The fourth-order valence-corrected chi connectivity index (χ4v) is 2.76. The molecule has 1 amide bonds.